The van der Waals surface area contributed by atoms with Crippen LogP contribution in [0.4, 0.5) is 5.69 Å². The third-order valence-corrected chi connectivity index (χ3v) is 6.74. The van der Waals surface area contributed by atoms with E-state index in [1.165, 1.54) is 12.3 Å². The summed E-state index contributed by atoms with van der Waals surface area (Å²) in [5.74, 6) is 0.981. The Balaban J connectivity index is 1.72. The molecule has 0 radical (unpaired) electrons. The van der Waals surface area contributed by atoms with E-state index < -0.39 is 10.0 Å². The van der Waals surface area contributed by atoms with Crippen molar-refractivity contribution in [3.63, 3.8) is 0 Å². The number of hydrogen-bond donors (Lipinski definition) is 1. The van der Waals surface area contributed by atoms with Gasteiger partial charge in [0.25, 0.3) is 10.0 Å². The Morgan fingerprint density at radius 3 is 2.24 bits per heavy atom. The summed E-state index contributed by atoms with van der Waals surface area (Å²) in [7, 11) is -2.11. The second-order valence-corrected chi connectivity index (χ2v) is 10.7. The van der Waals surface area contributed by atoms with Crippen molar-refractivity contribution >= 4 is 27.3 Å². The van der Waals surface area contributed by atoms with Gasteiger partial charge in [-0.15, -0.1) is 10.2 Å². The summed E-state index contributed by atoms with van der Waals surface area (Å²) in [6, 6.07) is 11.9. The maximum Gasteiger partial charge on any atom is 0.261 e. The second-order valence-electron chi connectivity index (χ2n) is 8.57. The van der Waals surface area contributed by atoms with E-state index in [0.29, 0.717) is 17.3 Å². The molecule has 0 saturated carbocycles. The summed E-state index contributed by atoms with van der Waals surface area (Å²) in [6.07, 6.45) is 4.76. The van der Waals surface area contributed by atoms with E-state index >= 15 is 0 Å². The van der Waals surface area contributed by atoms with Crippen LogP contribution < -0.4 is 4.72 Å². The van der Waals surface area contributed by atoms with E-state index in [2.05, 4.69) is 45.7 Å². The van der Waals surface area contributed by atoms with Gasteiger partial charge in [0.1, 0.15) is 5.69 Å². The van der Waals surface area contributed by atoms with Gasteiger partial charge in [0, 0.05) is 31.2 Å². The van der Waals surface area contributed by atoms with Crippen molar-refractivity contribution in [2.24, 2.45) is 7.05 Å². The summed E-state index contributed by atoms with van der Waals surface area (Å²) in [5.41, 5.74) is 2.29. The van der Waals surface area contributed by atoms with Crippen LogP contribution in [-0.2, 0) is 22.5 Å². The van der Waals surface area contributed by atoms with Crippen molar-refractivity contribution in [3.8, 4) is 22.9 Å². The standard InChI is InChI=1S/C23H23ClN6O2S/c1-23(2,3)16-5-7-18(8-6-16)33(31,32)29-19-13-17(24)14-26-20(19)22-28-27-21(30(22)4)15-9-11-25-12-10-15/h5-14,29H,1-4H3. The number of halogens is 1. The zero-order valence-corrected chi connectivity index (χ0v) is 20.2. The molecule has 3 aromatic heterocycles. The largest absolute Gasteiger partial charge is 0.309 e. The van der Waals surface area contributed by atoms with E-state index in [9.17, 15) is 8.42 Å². The minimum atomic E-state index is -3.90. The Morgan fingerprint density at radius 1 is 0.970 bits per heavy atom. The van der Waals surface area contributed by atoms with Crippen LogP contribution >= 0.6 is 11.6 Å². The predicted octanol–water partition coefficient (Wildman–Crippen LogP) is 4.69. The highest BCUT2D eigenvalue weighted by molar-refractivity contribution is 7.92. The molecular formula is C23H23ClN6O2S. The number of hydrogen-bond acceptors (Lipinski definition) is 6. The van der Waals surface area contributed by atoms with Crippen LogP contribution in [0.25, 0.3) is 22.9 Å². The maximum absolute atomic E-state index is 13.1. The first-order valence-electron chi connectivity index (χ1n) is 10.2. The van der Waals surface area contributed by atoms with Gasteiger partial charge in [-0.3, -0.25) is 9.71 Å². The average Bonchev–Trinajstić information content (AvgIpc) is 3.15. The zero-order valence-electron chi connectivity index (χ0n) is 18.6. The van der Waals surface area contributed by atoms with Crippen LogP contribution in [0.5, 0.6) is 0 Å². The van der Waals surface area contributed by atoms with Crippen molar-refractivity contribution in [1.82, 2.24) is 24.7 Å². The Morgan fingerprint density at radius 2 is 1.61 bits per heavy atom. The third kappa shape index (κ3) is 4.74. The molecule has 1 N–H and O–H groups in total. The minimum Gasteiger partial charge on any atom is -0.309 e. The van der Waals surface area contributed by atoms with E-state index in [1.54, 1.807) is 36.1 Å². The van der Waals surface area contributed by atoms with Gasteiger partial charge in [-0.25, -0.2) is 13.4 Å². The van der Waals surface area contributed by atoms with Crippen molar-refractivity contribution in [3.05, 3.63) is 71.6 Å². The quantitative estimate of drug-likeness (QED) is 0.442. The molecule has 0 unspecified atom stereocenters. The lowest BCUT2D eigenvalue weighted by atomic mass is 9.87. The topological polar surface area (TPSA) is 103 Å². The van der Waals surface area contributed by atoms with Crippen molar-refractivity contribution < 1.29 is 8.42 Å². The molecule has 1 aromatic carbocycles. The lowest BCUT2D eigenvalue weighted by Gasteiger charge is -2.19. The van der Waals surface area contributed by atoms with E-state index in [1.807, 2.05) is 24.3 Å². The molecule has 0 atom stereocenters. The van der Waals surface area contributed by atoms with Crippen LogP contribution in [0.1, 0.15) is 26.3 Å². The fourth-order valence-electron chi connectivity index (χ4n) is 3.32. The highest BCUT2D eigenvalue weighted by Crippen LogP contribution is 2.31. The molecule has 4 aromatic rings. The molecular weight excluding hydrogens is 460 g/mol. The van der Waals surface area contributed by atoms with Gasteiger partial charge in [-0.1, -0.05) is 44.5 Å². The zero-order chi connectivity index (χ0) is 23.8. The molecule has 0 aliphatic heterocycles. The van der Waals surface area contributed by atoms with E-state index in [-0.39, 0.29) is 21.0 Å². The Kier molecular flexibility index (Phi) is 5.94. The number of rotatable bonds is 5. The fourth-order valence-corrected chi connectivity index (χ4v) is 4.54. The Hall–Kier alpha value is -3.30. The number of nitrogens with one attached hydrogen (secondary N) is 1. The highest BCUT2D eigenvalue weighted by Gasteiger charge is 2.22. The number of benzene rings is 1. The average molecular weight is 483 g/mol. The number of anilines is 1. The lowest BCUT2D eigenvalue weighted by Crippen LogP contribution is -2.16. The minimum absolute atomic E-state index is 0.0858. The number of aromatic nitrogens is 5. The second kappa shape index (κ2) is 8.57. The first kappa shape index (κ1) is 22.9. The SMILES string of the molecule is Cn1c(-c2ccncc2)nnc1-c1ncc(Cl)cc1NS(=O)(=O)c1ccc(C(C)(C)C)cc1. The number of sulfonamides is 1. The van der Waals surface area contributed by atoms with Crippen LogP contribution in [0.2, 0.25) is 5.02 Å². The van der Waals surface area contributed by atoms with Crippen LogP contribution in [0.15, 0.2) is 66.0 Å². The third-order valence-electron chi connectivity index (χ3n) is 5.15. The van der Waals surface area contributed by atoms with Gasteiger partial charge in [-0.2, -0.15) is 0 Å². The van der Waals surface area contributed by atoms with Gasteiger partial charge < -0.3 is 4.57 Å². The molecule has 0 fully saturated rings. The van der Waals surface area contributed by atoms with E-state index in [4.69, 9.17) is 11.6 Å². The summed E-state index contributed by atoms with van der Waals surface area (Å²) >= 11 is 6.14. The van der Waals surface area contributed by atoms with Gasteiger partial charge in [0.05, 0.1) is 15.6 Å². The maximum atomic E-state index is 13.1. The normalized spacial score (nSPS) is 12.0. The smallest absolute Gasteiger partial charge is 0.261 e. The van der Waals surface area contributed by atoms with E-state index in [0.717, 1.165) is 11.1 Å². The molecule has 0 aliphatic carbocycles. The lowest BCUT2D eigenvalue weighted by molar-refractivity contribution is 0.587. The van der Waals surface area contributed by atoms with Crippen LogP contribution in [-0.4, -0.2) is 33.2 Å². The molecule has 0 saturated heterocycles. The summed E-state index contributed by atoms with van der Waals surface area (Å²) in [5, 5.41) is 8.78. The first-order valence-corrected chi connectivity index (χ1v) is 12.0. The number of pyridine rings is 2. The summed E-state index contributed by atoms with van der Waals surface area (Å²) < 4.78 is 30.6. The van der Waals surface area contributed by atoms with Gasteiger partial charge in [-0.05, 0) is 41.3 Å². The van der Waals surface area contributed by atoms with Gasteiger partial charge in [0.2, 0.25) is 0 Å². The first-order chi connectivity index (χ1) is 15.6. The molecule has 33 heavy (non-hydrogen) atoms. The molecule has 8 nitrogen and oxygen atoms in total. The number of nitrogens with zero attached hydrogens (tertiary/aromatic N) is 5. The van der Waals surface area contributed by atoms with Crippen LogP contribution in [0.3, 0.4) is 0 Å². The summed E-state index contributed by atoms with van der Waals surface area (Å²) in [4.78, 5) is 8.50. The van der Waals surface area contributed by atoms with Crippen molar-refractivity contribution in [2.45, 2.75) is 31.1 Å². The molecule has 4 rings (SSSR count). The molecule has 3 heterocycles. The van der Waals surface area contributed by atoms with Crippen LogP contribution in [0, 0.1) is 0 Å². The molecule has 170 valence electrons. The van der Waals surface area contributed by atoms with Crippen molar-refractivity contribution in [1.29, 1.82) is 0 Å². The molecule has 0 aliphatic rings. The molecule has 0 bridgehead atoms. The molecule has 10 heteroatoms. The molecule has 0 spiro atoms. The molecule has 0 amide bonds. The monoisotopic (exact) mass is 482 g/mol. The van der Waals surface area contributed by atoms with Gasteiger partial charge >= 0.3 is 0 Å². The Labute approximate surface area is 197 Å². The highest BCUT2D eigenvalue weighted by atomic mass is 35.5. The predicted molar refractivity (Wildman–Crippen MR) is 128 cm³/mol. The summed E-state index contributed by atoms with van der Waals surface area (Å²) in [6.45, 7) is 6.21. The fraction of sp³-hybridized carbons (Fsp3) is 0.217. The van der Waals surface area contributed by atoms with Gasteiger partial charge in [0.15, 0.2) is 11.6 Å². The van der Waals surface area contributed by atoms with Crippen molar-refractivity contribution in [2.75, 3.05) is 4.72 Å². The Bertz CT molecular complexity index is 1400.